The number of hydrogen-bond donors (Lipinski definition) is 2. The molecule has 0 spiro atoms. The van der Waals surface area contributed by atoms with Gasteiger partial charge < -0.3 is 10.6 Å². The summed E-state index contributed by atoms with van der Waals surface area (Å²) in [6.45, 7) is 4.07. The van der Waals surface area contributed by atoms with Gasteiger partial charge in [0.25, 0.3) is 5.91 Å². The maximum absolute atomic E-state index is 12.3. The monoisotopic (exact) mass is 324 g/mol. The molecule has 1 aromatic carbocycles. The van der Waals surface area contributed by atoms with Crippen molar-refractivity contribution in [2.24, 2.45) is 0 Å². The Kier molecular flexibility index (Phi) is 5.08. The van der Waals surface area contributed by atoms with Gasteiger partial charge in [0.05, 0.1) is 0 Å². The van der Waals surface area contributed by atoms with Gasteiger partial charge in [-0.15, -0.1) is 10.2 Å². The Morgan fingerprint density at radius 2 is 1.79 bits per heavy atom. The van der Waals surface area contributed by atoms with Crippen molar-refractivity contribution in [3.63, 3.8) is 0 Å². The average Bonchev–Trinajstić information content (AvgIpc) is 2.60. The topological polar surface area (TPSA) is 66.9 Å². The lowest BCUT2D eigenvalue weighted by molar-refractivity contribution is 0.102. The lowest BCUT2D eigenvalue weighted by Crippen LogP contribution is -2.23. The zero-order valence-electron chi connectivity index (χ0n) is 14.3. The molecule has 1 amide bonds. The van der Waals surface area contributed by atoms with Gasteiger partial charge in [-0.1, -0.05) is 25.3 Å². The van der Waals surface area contributed by atoms with Gasteiger partial charge in [0.1, 0.15) is 5.82 Å². The molecule has 1 fully saturated rings. The van der Waals surface area contributed by atoms with Crippen LogP contribution in [-0.2, 0) is 0 Å². The Balaban J connectivity index is 1.61. The highest BCUT2D eigenvalue weighted by Gasteiger charge is 2.14. The molecule has 0 saturated heterocycles. The SMILES string of the molecule is Cc1ccc(NC(=O)c2ccc(NC3CCCCC3)nn2)cc1C. The summed E-state index contributed by atoms with van der Waals surface area (Å²) in [7, 11) is 0. The summed E-state index contributed by atoms with van der Waals surface area (Å²) in [5.41, 5.74) is 3.44. The normalized spacial score (nSPS) is 15.1. The summed E-state index contributed by atoms with van der Waals surface area (Å²) >= 11 is 0. The van der Waals surface area contributed by atoms with Gasteiger partial charge >= 0.3 is 0 Å². The van der Waals surface area contributed by atoms with Crippen LogP contribution in [0.1, 0.15) is 53.7 Å². The summed E-state index contributed by atoms with van der Waals surface area (Å²) in [6, 6.07) is 9.87. The zero-order valence-corrected chi connectivity index (χ0v) is 14.3. The highest BCUT2D eigenvalue weighted by molar-refractivity contribution is 6.02. The molecule has 0 unspecified atom stereocenters. The summed E-state index contributed by atoms with van der Waals surface area (Å²) in [4.78, 5) is 12.3. The molecule has 1 saturated carbocycles. The molecule has 24 heavy (non-hydrogen) atoms. The van der Waals surface area contributed by atoms with E-state index in [0.29, 0.717) is 11.7 Å². The van der Waals surface area contributed by atoms with Crippen molar-refractivity contribution in [3.8, 4) is 0 Å². The molecule has 1 aliphatic carbocycles. The van der Waals surface area contributed by atoms with Gasteiger partial charge in [-0.3, -0.25) is 4.79 Å². The molecular weight excluding hydrogens is 300 g/mol. The number of carbonyl (C=O) groups excluding carboxylic acids is 1. The van der Waals surface area contributed by atoms with E-state index in [1.165, 1.54) is 37.7 Å². The highest BCUT2D eigenvalue weighted by atomic mass is 16.1. The first-order valence-corrected chi connectivity index (χ1v) is 8.61. The quantitative estimate of drug-likeness (QED) is 0.889. The van der Waals surface area contributed by atoms with E-state index >= 15 is 0 Å². The summed E-state index contributed by atoms with van der Waals surface area (Å²) in [5, 5.41) is 14.5. The van der Waals surface area contributed by atoms with Crippen LogP contribution in [0.15, 0.2) is 30.3 Å². The van der Waals surface area contributed by atoms with Gasteiger partial charge in [0.2, 0.25) is 0 Å². The predicted molar refractivity (Wildman–Crippen MR) is 96.4 cm³/mol. The Morgan fingerprint density at radius 3 is 2.46 bits per heavy atom. The largest absolute Gasteiger partial charge is 0.366 e. The summed E-state index contributed by atoms with van der Waals surface area (Å²) < 4.78 is 0. The lowest BCUT2D eigenvalue weighted by Gasteiger charge is -2.22. The van der Waals surface area contributed by atoms with Crippen LogP contribution < -0.4 is 10.6 Å². The van der Waals surface area contributed by atoms with Crippen LogP contribution in [0.4, 0.5) is 11.5 Å². The Bertz CT molecular complexity index is 706. The minimum absolute atomic E-state index is 0.241. The molecule has 0 radical (unpaired) electrons. The van der Waals surface area contributed by atoms with E-state index < -0.39 is 0 Å². The summed E-state index contributed by atoms with van der Waals surface area (Å²) in [5.74, 6) is 0.500. The Hall–Kier alpha value is -2.43. The number of nitrogens with zero attached hydrogens (tertiary/aromatic N) is 2. The molecule has 5 heteroatoms. The van der Waals surface area contributed by atoms with Crippen molar-refractivity contribution in [2.75, 3.05) is 10.6 Å². The van der Waals surface area contributed by atoms with Gasteiger partial charge in [-0.25, -0.2) is 0 Å². The number of nitrogens with one attached hydrogen (secondary N) is 2. The second-order valence-corrected chi connectivity index (χ2v) is 6.54. The first-order chi connectivity index (χ1) is 11.6. The average molecular weight is 324 g/mol. The number of aromatic nitrogens is 2. The second-order valence-electron chi connectivity index (χ2n) is 6.54. The Labute approximate surface area is 142 Å². The van der Waals surface area contributed by atoms with Crippen LogP contribution in [-0.4, -0.2) is 22.1 Å². The molecule has 0 atom stereocenters. The molecule has 2 N–H and O–H groups in total. The van der Waals surface area contributed by atoms with Crippen LogP contribution in [0, 0.1) is 13.8 Å². The minimum atomic E-state index is -0.241. The van der Waals surface area contributed by atoms with Crippen LogP contribution in [0.25, 0.3) is 0 Å². The van der Waals surface area contributed by atoms with Crippen molar-refractivity contribution in [2.45, 2.75) is 52.0 Å². The van der Waals surface area contributed by atoms with E-state index in [2.05, 4.69) is 20.8 Å². The van der Waals surface area contributed by atoms with Gasteiger partial charge in [-0.2, -0.15) is 0 Å². The molecule has 0 bridgehead atoms. The van der Waals surface area contributed by atoms with Crippen molar-refractivity contribution in [3.05, 3.63) is 47.2 Å². The van der Waals surface area contributed by atoms with Crippen molar-refractivity contribution in [1.29, 1.82) is 0 Å². The van der Waals surface area contributed by atoms with Crippen LogP contribution >= 0.6 is 0 Å². The fourth-order valence-electron chi connectivity index (χ4n) is 3.00. The van der Waals surface area contributed by atoms with E-state index in [9.17, 15) is 4.79 Å². The first kappa shape index (κ1) is 16.4. The molecule has 1 aliphatic rings. The van der Waals surface area contributed by atoms with E-state index in [-0.39, 0.29) is 5.91 Å². The fourth-order valence-corrected chi connectivity index (χ4v) is 3.00. The zero-order chi connectivity index (χ0) is 16.9. The number of aryl methyl sites for hydroxylation is 2. The van der Waals surface area contributed by atoms with Crippen molar-refractivity contribution >= 4 is 17.4 Å². The molecule has 1 heterocycles. The van der Waals surface area contributed by atoms with Gasteiger partial charge in [0, 0.05) is 11.7 Å². The third-order valence-corrected chi connectivity index (χ3v) is 4.62. The van der Waals surface area contributed by atoms with Crippen LogP contribution in [0.2, 0.25) is 0 Å². The first-order valence-electron chi connectivity index (χ1n) is 8.61. The number of rotatable bonds is 4. The number of amides is 1. The second kappa shape index (κ2) is 7.43. The molecule has 126 valence electrons. The molecular formula is C19H24N4O. The van der Waals surface area contributed by atoms with E-state index in [1.54, 1.807) is 6.07 Å². The van der Waals surface area contributed by atoms with E-state index in [4.69, 9.17) is 0 Å². The Morgan fingerprint density at radius 1 is 1.00 bits per heavy atom. The molecule has 5 nitrogen and oxygen atoms in total. The standard InChI is InChI=1S/C19H24N4O/c1-13-8-9-16(12-14(13)2)21-19(24)17-10-11-18(23-22-17)20-15-6-4-3-5-7-15/h8-12,15H,3-7H2,1-2H3,(H,20,23)(H,21,24). The molecule has 2 aromatic rings. The van der Waals surface area contributed by atoms with E-state index in [0.717, 1.165) is 17.1 Å². The maximum Gasteiger partial charge on any atom is 0.276 e. The molecule has 3 rings (SSSR count). The van der Waals surface area contributed by atoms with Crippen LogP contribution in [0.3, 0.4) is 0 Å². The third-order valence-electron chi connectivity index (χ3n) is 4.62. The summed E-state index contributed by atoms with van der Waals surface area (Å²) in [6.07, 6.45) is 6.21. The lowest BCUT2D eigenvalue weighted by atomic mass is 9.95. The van der Waals surface area contributed by atoms with Crippen molar-refractivity contribution in [1.82, 2.24) is 10.2 Å². The van der Waals surface area contributed by atoms with Crippen molar-refractivity contribution < 1.29 is 4.79 Å². The van der Waals surface area contributed by atoms with Gasteiger partial charge in [0.15, 0.2) is 5.69 Å². The number of benzene rings is 1. The molecule has 0 aliphatic heterocycles. The molecule has 1 aromatic heterocycles. The predicted octanol–water partition coefficient (Wildman–Crippen LogP) is 4.09. The minimum Gasteiger partial charge on any atom is -0.366 e. The maximum atomic E-state index is 12.3. The third kappa shape index (κ3) is 4.10. The smallest absolute Gasteiger partial charge is 0.276 e. The number of carbonyl (C=O) groups is 1. The van der Waals surface area contributed by atoms with E-state index in [1.807, 2.05) is 38.1 Å². The highest BCUT2D eigenvalue weighted by Crippen LogP contribution is 2.20. The number of hydrogen-bond acceptors (Lipinski definition) is 4. The van der Waals surface area contributed by atoms with Crippen LogP contribution in [0.5, 0.6) is 0 Å². The fraction of sp³-hybridized carbons (Fsp3) is 0.421. The number of anilines is 2. The van der Waals surface area contributed by atoms with Gasteiger partial charge in [-0.05, 0) is 62.1 Å².